The van der Waals surface area contributed by atoms with Crippen molar-refractivity contribution in [3.63, 3.8) is 0 Å². The van der Waals surface area contributed by atoms with Gasteiger partial charge in [-0.05, 0) is 12.1 Å². The van der Waals surface area contributed by atoms with Crippen LogP contribution in [-0.4, -0.2) is 0 Å². The van der Waals surface area contributed by atoms with E-state index in [-0.39, 0.29) is 5.82 Å². The number of hydrogen-bond donors (Lipinski definition) is 0. The molecule has 0 radical (unpaired) electrons. The standard InChI is InChI=1S/C8H6BrFO/c9-7-1-2-8(10)6-4-11-3-5(6)7/h1-2H,3-4H2. The Bertz CT molecular complexity index is 269. The number of rotatable bonds is 0. The van der Waals surface area contributed by atoms with Crippen LogP contribution in [0.3, 0.4) is 0 Å². The van der Waals surface area contributed by atoms with Gasteiger partial charge < -0.3 is 4.74 Å². The van der Waals surface area contributed by atoms with Crippen LogP contribution in [0.15, 0.2) is 16.6 Å². The van der Waals surface area contributed by atoms with Crippen molar-refractivity contribution in [2.45, 2.75) is 13.2 Å². The molecule has 0 aromatic heterocycles. The molecule has 1 aromatic rings. The van der Waals surface area contributed by atoms with Gasteiger partial charge >= 0.3 is 0 Å². The predicted octanol–water partition coefficient (Wildman–Crippen LogP) is 2.62. The van der Waals surface area contributed by atoms with Crippen LogP contribution < -0.4 is 0 Å². The number of fused-ring (bicyclic) bond motifs is 1. The van der Waals surface area contributed by atoms with Gasteiger partial charge in [0.25, 0.3) is 0 Å². The Morgan fingerprint density at radius 3 is 2.73 bits per heavy atom. The summed E-state index contributed by atoms with van der Waals surface area (Å²) in [5, 5.41) is 0. The molecule has 0 N–H and O–H groups in total. The van der Waals surface area contributed by atoms with Crippen molar-refractivity contribution in [3.8, 4) is 0 Å². The molecule has 2 rings (SSSR count). The lowest BCUT2D eigenvalue weighted by atomic mass is 10.1. The lowest BCUT2D eigenvalue weighted by Crippen LogP contribution is -1.88. The SMILES string of the molecule is Fc1ccc(Br)c2c1COC2. The molecule has 11 heavy (non-hydrogen) atoms. The van der Waals surface area contributed by atoms with Crippen LogP contribution in [0.1, 0.15) is 11.1 Å². The minimum atomic E-state index is -0.166. The van der Waals surface area contributed by atoms with E-state index < -0.39 is 0 Å². The molecule has 3 heteroatoms. The van der Waals surface area contributed by atoms with E-state index in [4.69, 9.17) is 4.74 Å². The first-order valence-corrected chi connectivity index (χ1v) is 4.12. The quantitative estimate of drug-likeness (QED) is 0.648. The summed E-state index contributed by atoms with van der Waals surface area (Å²) in [4.78, 5) is 0. The summed E-state index contributed by atoms with van der Waals surface area (Å²) in [7, 11) is 0. The largest absolute Gasteiger partial charge is 0.372 e. The zero-order valence-electron chi connectivity index (χ0n) is 5.73. The number of ether oxygens (including phenoxy) is 1. The Morgan fingerprint density at radius 1 is 1.27 bits per heavy atom. The zero-order valence-corrected chi connectivity index (χ0v) is 7.32. The smallest absolute Gasteiger partial charge is 0.129 e. The lowest BCUT2D eigenvalue weighted by molar-refractivity contribution is 0.133. The second-order valence-corrected chi connectivity index (χ2v) is 3.33. The second-order valence-electron chi connectivity index (χ2n) is 2.48. The van der Waals surface area contributed by atoms with Crippen molar-refractivity contribution in [2.24, 2.45) is 0 Å². The third kappa shape index (κ3) is 1.08. The van der Waals surface area contributed by atoms with Crippen molar-refractivity contribution in [1.82, 2.24) is 0 Å². The third-order valence-corrected chi connectivity index (χ3v) is 2.55. The van der Waals surface area contributed by atoms with Gasteiger partial charge in [-0.3, -0.25) is 0 Å². The fourth-order valence-corrected chi connectivity index (χ4v) is 1.69. The van der Waals surface area contributed by atoms with Crippen LogP contribution in [0.4, 0.5) is 4.39 Å². The molecular weight excluding hydrogens is 211 g/mol. The van der Waals surface area contributed by atoms with Crippen LogP contribution >= 0.6 is 15.9 Å². The summed E-state index contributed by atoms with van der Waals surface area (Å²) < 4.78 is 19.0. The molecule has 1 aliphatic heterocycles. The molecule has 1 nitrogen and oxygen atoms in total. The van der Waals surface area contributed by atoms with Crippen LogP contribution in [0.5, 0.6) is 0 Å². The topological polar surface area (TPSA) is 9.23 Å². The Morgan fingerprint density at radius 2 is 2.00 bits per heavy atom. The normalized spacial score (nSPS) is 15.1. The summed E-state index contributed by atoms with van der Waals surface area (Å²) in [5.74, 6) is -0.166. The molecule has 1 aliphatic rings. The average Bonchev–Trinajstić information content (AvgIpc) is 2.45. The van der Waals surface area contributed by atoms with Crippen molar-refractivity contribution in [3.05, 3.63) is 33.5 Å². The number of hydrogen-bond acceptors (Lipinski definition) is 1. The Hall–Kier alpha value is -0.410. The summed E-state index contributed by atoms with van der Waals surface area (Å²) in [6.45, 7) is 0.925. The van der Waals surface area contributed by atoms with Crippen molar-refractivity contribution in [1.29, 1.82) is 0 Å². The first-order valence-electron chi connectivity index (χ1n) is 3.32. The van der Waals surface area contributed by atoms with Crippen molar-refractivity contribution >= 4 is 15.9 Å². The van der Waals surface area contributed by atoms with E-state index >= 15 is 0 Å². The van der Waals surface area contributed by atoms with Gasteiger partial charge in [0.05, 0.1) is 13.2 Å². The van der Waals surface area contributed by atoms with Gasteiger partial charge in [-0.1, -0.05) is 15.9 Å². The van der Waals surface area contributed by atoms with Gasteiger partial charge in [0, 0.05) is 15.6 Å². The van der Waals surface area contributed by atoms with E-state index in [9.17, 15) is 4.39 Å². The Labute approximate surface area is 72.3 Å². The summed E-state index contributed by atoms with van der Waals surface area (Å²) in [6, 6.07) is 3.17. The van der Waals surface area contributed by atoms with E-state index in [2.05, 4.69) is 15.9 Å². The minimum absolute atomic E-state index is 0.166. The van der Waals surface area contributed by atoms with E-state index in [1.807, 2.05) is 0 Å². The summed E-state index contributed by atoms with van der Waals surface area (Å²) in [5.41, 5.74) is 1.64. The van der Waals surface area contributed by atoms with Crippen LogP contribution in [-0.2, 0) is 18.0 Å². The minimum Gasteiger partial charge on any atom is -0.372 e. The fourth-order valence-electron chi connectivity index (χ4n) is 1.20. The van der Waals surface area contributed by atoms with Crippen molar-refractivity contribution in [2.75, 3.05) is 0 Å². The highest BCUT2D eigenvalue weighted by Gasteiger charge is 2.17. The molecule has 0 unspecified atom stereocenters. The van der Waals surface area contributed by atoms with E-state index in [0.29, 0.717) is 18.8 Å². The predicted molar refractivity (Wildman–Crippen MR) is 42.6 cm³/mol. The molecule has 0 saturated heterocycles. The van der Waals surface area contributed by atoms with E-state index in [0.717, 1.165) is 10.0 Å². The molecular formula is C8H6BrFO. The Balaban J connectivity index is 2.64. The first kappa shape index (κ1) is 7.25. The first-order chi connectivity index (χ1) is 5.29. The van der Waals surface area contributed by atoms with Gasteiger partial charge in [0.2, 0.25) is 0 Å². The highest BCUT2D eigenvalue weighted by Crippen LogP contribution is 2.29. The number of benzene rings is 1. The molecule has 0 saturated carbocycles. The maximum absolute atomic E-state index is 13.0. The van der Waals surface area contributed by atoms with Gasteiger partial charge in [-0.25, -0.2) is 4.39 Å². The lowest BCUT2D eigenvalue weighted by Gasteiger charge is -1.99. The fraction of sp³-hybridized carbons (Fsp3) is 0.250. The molecule has 0 amide bonds. The molecule has 1 heterocycles. The molecule has 0 spiro atoms. The van der Waals surface area contributed by atoms with Gasteiger partial charge in [-0.2, -0.15) is 0 Å². The molecule has 0 atom stereocenters. The van der Waals surface area contributed by atoms with Crippen molar-refractivity contribution < 1.29 is 9.13 Å². The van der Waals surface area contributed by atoms with Gasteiger partial charge in [0.15, 0.2) is 0 Å². The van der Waals surface area contributed by atoms with Gasteiger partial charge in [0.1, 0.15) is 5.82 Å². The summed E-state index contributed by atoms with van der Waals surface area (Å²) >= 11 is 3.33. The highest BCUT2D eigenvalue weighted by atomic mass is 79.9. The number of halogens is 2. The van der Waals surface area contributed by atoms with E-state index in [1.165, 1.54) is 6.07 Å². The molecule has 0 aliphatic carbocycles. The van der Waals surface area contributed by atoms with Crippen LogP contribution in [0.2, 0.25) is 0 Å². The maximum Gasteiger partial charge on any atom is 0.129 e. The van der Waals surface area contributed by atoms with Crippen LogP contribution in [0.25, 0.3) is 0 Å². The highest BCUT2D eigenvalue weighted by molar-refractivity contribution is 9.10. The summed E-state index contributed by atoms with van der Waals surface area (Å²) in [6.07, 6.45) is 0. The van der Waals surface area contributed by atoms with Crippen LogP contribution in [0, 0.1) is 5.82 Å². The van der Waals surface area contributed by atoms with E-state index in [1.54, 1.807) is 6.07 Å². The Kier molecular flexibility index (Phi) is 1.69. The maximum atomic E-state index is 13.0. The molecule has 1 aromatic carbocycles. The monoisotopic (exact) mass is 216 g/mol. The third-order valence-electron chi connectivity index (χ3n) is 1.81. The van der Waals surface area contributed by atoms with Gasteiger partial charge in [-0.15, -0.1) is 0 Å². The molecule has 0 bridgehead atoms. The average molecular weight is 217 g/mol. The molecule has 0 fully saturated rings. The second kappa shape index (κ2) is 2.57. The molecule has 58 valence electrons. The zero-order chi connectivity index (χ0) is 7.84.